The zero-order valence-corrected chi connectivity index (χ0v) is 19.5. The fourth-order valence-electron chi connectivity index (χ4n) is 4.61. The van der Waals surface area contributed by atoms with Gasteiger partial charge in [-0.3, -0.25) is 14.1 Å². The summed E-state index contributed by atoms with van der Waals surface area (Å²) in [5.74, 6) is 0.267. The monoisotopic (exact) mass is 457 g/mol. The number of carbonyl (C=O) groups is 1. The van der Waals surface area contributed by atoms with Gasteiger partial charge in [-0.25, -0.2) is 4.98 Å². The van der Waals surface area contributed by atoms with Crippen LogP contribution in [0.15, 0.2) is 18.6 Å². The fourth-order valence-corrected chi connectivity index (χ4v) is 5.19. The van der Waals surface area contributed by atoms with Crippen molar-refractivity contribution in [2.45, 2.75) is 45.1 Å². The van der Waals surface area contributed by atoms with Crippen LogP contribution in [0, 0.1) is 0 Å². The molecule has 0 aliphatic carbocycles. The van der Waals surface area contributed by atoms with Crippen LogP contribution in [-0.4, -0.2) is 82.9 Å². The lowest BCUT2D eigenvalue weighted by Crippen LogP contribution is -2.58. The fraction of sp³-hybridized carbons (Fsp3) is 0.500. The zero-order chi connectivity index (χ0) is 23.0. The number of aryl methyl sites for hydroxylation is 1. The summed E-state index contributed by atoms with van der Waals surface area (Å²) in [5.41, 5.74) is 4.13. The highest BCUT2D eigenvalue weighted by molar-refractivity contribution is 8.14. The molecule has 1 unspecified atom stereocenters. The van der Waals surface area contributed by atoms with Crippen molar-refractivity contribution in [2.24, 2.45) is 0 Å². The quantitative estimate of drug-likeness (QED) is 0.415. The Bertz CT molecular complexity index is 1150. The molecule has 0 radical (unpaired) electrons. The van der Waals surface area contributed by atoms with Gasteiger partial charge in [0.25, 0.3) is 5.99 Å². The van der Waals surface area contributed by atoms with Gasteiger partial charge in [-0.2, -0.15) is 14.7 Å². The van der Waals surface area contributed by atoms with Crippen molar-refractivity contribution in [3.63, 3.8) is 0 Å². The molecule has 32 heavy (non-hydrogen) atoms. The molecule has 10 nitrogen and oxygen atoms in total. The van der Waals surface area contributed by atoms with Gasteiger partial charge in [-0.05, 0) is 42.3 Å². The molecule has 1 amide bonds. The molecule has 0 saturated carbocycles. The maximum atomic E-state index is 12.5. The Morgan fingerprint density at radius 1 is 1.44 bits per heavy atom. The predicted octanol–water partition coefficient (Wildman–Crippen LogP) is 0.282. The van der Waals surface area contributed by atoms with Crippen molar-refractivity contribution in [3.8, 4) is 11.1 Å². The number of aliphatic hydroxyl groups excluding tert-OH is 1. The van der Waals surface area contributed by atoms with Crippen LogP contribution in [0.3, 0.4) is 0 Å². The molecule has 12 heteroatoms. The molecule has 1 aliphatic heterocycles. The topological polar surface area (TPSA) is 129 Å². The van der Waals surface area contributed by atoms with Crippen molar-refractivity contribution in [3.05, 3.63) is 24.3 Å². The van der Waals surface area contributed by atoms with Crippen LogP contribution in [0.1, 0.15) is 25.5 Å². The number of hydrogen-bond donors (Lipinski definition) is 3. The van der Waals surface area contributed by atoms with E-state index in [-0.39, 0.29) is 24.0 Å². The third-order valence-electron chi connectivity index (χ3n) is 6.33. The number of nitrogens with one attached hydrogen (secondary N) is 2. The van der Waals surface area contributed by atoms with E-state index in [0.717, 1.165) is 34.5 Å². The van der Waals surface area contributed by atoms with Crippen LogP contribution >= 0.6 is 0 Å². The summed E-state index contributed by atoms with van der Waals surface area (Å²) in [6.07, 6.45) is 9.19. The third kappa shape index (κ3) is 3.81. The molecule has 3 atom stereocenters. The Morgan fingerprint density at radius 2 is 2.22 bits per heavy atom. The van der Waals surface area contributed by atoms with E-state index in [4.69, 9.17) is 4.98 Å². The van der Waals surface area contributed by atoms with Gasteiger partial charge < -0.3 is 15.3 Å². The summed E-state index contributed by atoms with van der Waals surface area (Å²) in [7, 11) is 0.715. The Balaban J connectivity index is 1.77. The van der Waals surface area contributed by atoms with E-state index in [0.29, 0.717) is 18.5 Å². The number of likely N-dealkylation sites (tertiary alicyclic amines) is 1. The number of aromatic nitrogens is 5. The van der Waals surface area contributed by atoms with Gasteiger partial charge in [0.15, 0.2) is 5.65 Å². The van der Waals surface area contributed by atoms with E-state index in [1.165, 1.54) is 0 Å². The minimum atomic E-state index is -1.11. The lowest BCUT2D eigenvalue weighted by atomic mass is 9.69. The molecule has 1 saturated heterocycles. The van der Waals surface area contributed by atoms with Gasteiger partial charge in [-0.15, -0.1) is 0 Å². The molecule has 4 rings (SSSR count). The Morgan fingerprint density at radius 3 is 2.81 bits per heavy atom. The van der Waals surface area contributed by atoms with Crippen LogP contribution < -0.4 is 10.8 Å². The number of H-pyrrole nitrogens is 1. The second-order valence-corrected chi connectivity index (χ2v) is 9.93. The van der Waals surface area contributed by atoms with Crippen molar-refractivity contribution in [1.29, 1.82) is 0 Å². The van der Waals surface area contributed by atoms with Crippen LogP contribution in [0.25, 0.3) is 16.8 Å². The van der Waals surface area contributed by atoms with Crippen molar-refractivity contribution in [1.82, 2.24) is 29.7 Å². The molecule has 3 aromatic rings. The summed E-state index contributed by atoms with van der Waals surface area (Å²) < 4.78 is 14.2. The molecule has 3 N–H and O–H groups in total. The standard InChI is InChI=1S/C20H28BN7O3S/c1-12-7-14(27(12)17(30)11-29)5-6-16-18(21(2)32(4)31)20(22-3)28-19(26-16)15(10-25-28)13-8-23-24-9-13/h8-10,12,14,22,29H,5-7,11H2,1-4H3,(H,23,24)/t12-,14+,32?/m0/s1. The van der Waals surface area contributed by atoms with Crippen LogP contribution in [0.5, 0.6) is 0 Å². The van der Waals surface area contributed by atoms with Crippen LogP contribution in [-0.2, 0) is 21.9 Å². The number of rotatable bonds is 8. The number of aliphatic hydroxyl groups is 1. The lowest BCUT2D eigenvalue weighted by molar-refractivity contribution is -0.147. The molecule has 0 spiro atoms. The molecule has 170 valence electrons. The first-order chi connectivity index (χ1) is 15.4. The number of aromatic amines is 1. The molecular weight excluding hydrogens is 429 g/mol. The first-order valence-corrected chi connectivity index (χ1v) is 12.3. The smallest absolute Gasteiger partial charge is 0.287 e. The first kappa shape index (κ1) is 22.5. The largest absolute Gasteiger partial charge is 0.387 e. The van der Waals surface area contributed by atoms with Crippen molar-refractivity contribution in [2.75, 3.05) is 25.2 Å². The van der Waals surface area contributed by atoms with Crippen LogP contribution in [0.2, 0.25) is 6.82 Å². The Hall–Kier alpha value is -2.73. The summed E-state index contributed by atoms with van der Waals surface area (Å²) in [4.78, 5) is 18.8. The van der Waals surface area contributed by atoms with E-state index in [1.54, 1.807) is 34.3 Å². The van der Waals surface area contributed by atoms with Gasteiger partial charge in [0.05, 0.1) is 12.4 Å². The van der Waals surface area contributed by atoms with Crippen molar-refractivity contribution < 1.29 is 14.1 Å². The number of nitrogens with zero attached hydrogens (tertiary/aromatic N) is 5. The third-order valence-corrected chi connectivity index (χ3v) is 7.56. The normalized spacial score (nSPS) is 19.1. The molecular formula is C20H28BN7O3S. The molecule has 4 heterocycles. The molecule has 0 aromatic carbocycles. The van der Waals surface area contributed by atoms with E-state index >= 15 is 0 Å². The molecule has 1 aliphatic rings. The Labute approximate surface area is 189 Å². The minimum Gasteiger partial charge on any atom is -0.387 e. The number of carbonyl (C=O) groups excluding carboxylic acids is 1. The highest BCUT2D eigenvalue weighted by atomic mass is 32.2. The number of amides is 1. The SMILES string of the molecule is CNc1c(B(C)S(C)=O)c(CC[C@@H]2C[C@H](C)N2C(=O)CO)nc2c(-c3cn[nH]c3)cnn12. The summed E-state index contributed by atoms with van der Waals surface area (Å²) >= 11 is 0. The molecule has 1 fully saturated rings. The Kier molecular flexibility index (Phi) is 6.34. The van der Waals surface area contributed by atoms with Gasteiger partial charge in [0.2, 0.25) is 5.91 Å². The molecule has 3 aromatic heterocycles. The van der Waals surface area contributed by atoms with Crippen LogP contribution in [0.4, 0.5) is 5.82 Å². The number of hydrogen-bond acceptors (Lipinski definition) is 7. The average Bonchev–Trinajstić information content (AvgIpc) is 3.44. The first-order valence-electron chi connectivity index (χ1n) is 10.7. The number of fused-ring (bicyclic) bond motifs is 1. The summed E-state index contributed by atoms with van der Waals surface area (Å²) in [6, 6.07) is 0.196. The van der Waals surface area contributed by atoms with E-state index < -0.39 is 17.3 Å². The van der Waals surface area contributed by atoms with E-state index in [2.05, 4.69) is 20.6 Å². The second-order valence-electron chi connectivity index (χ2n) is 8.23. The van der Waals surface area contributed by atoms with Gasteiger partial charge in [0.1, 0.15) is 12.4 Å². The highest BCUT2D eigenvalue weighted by Crippen LogP contribution is 2.30. The molecule has 0 bridgehead atoms. The van der Waals surface area contributed by atoms with Gasteiger partial charge in [0, 0.05) is 48.4 Å². The predicted molar refractivity (Wildman–Crippen MR) is 126 cm³/mol. The lowest BCUT2D eigenvalue weighted by Gasteiger charge is -2.47. The zero-order valence-electron chi connectivity index (χ0n) is 18.7. The average molecular weight is 457 g/mol. The minimum absolute atomic E-state index is 0.0641. The second kappa shape index (κ2) is 9.03. The summed E-state index contributed by atoms with van der Waals surface area (Å²) in [5, 5.41) is 23.9. The van der Waals surface area contributed by atoms with Crippen molar-refractivity contribution >= 4 is 39.5 Å². The maximum Gasteiger partial charge on any atom is 0.287 e. The van der Waals surface area contributed by atoms with E-state index in [9.17, 15) is 14.1 Å². The van der Waals surface area contributed by atoms with Gasteiger partial charge >= 0.3 is 0 Å². The number of anilines is 1. The summed E-state index contributed by atoms with van der Waals surface area (Å²) in [6.45, 7) is 3.44. The highest BCUT2D eigenvalue weighted by Gasteiger charge is 2.38. The van der Waals surface area contributed by atoms with E-state index in [1.807, 2.05) is 20.8 Å². The maximum absolute atomic E-state index is 12.5. The van der Waals surface area contributed by atoms with Gasteiger partial charge in [-0.1, -0.05) is 6.82 Å².